The highest BCUT2D eigenvalue weighted by Gasteiger charge is 2.24. The second-order valence-electron chi connectivity index (χ2n) is 5.44. The summed E-state index contributed by atoms with van der Waals surface area (Å²) in [6.07, 6.45) is 3.03. The summed E-state index contributed by atoms with van der Waals surface area (Å²) in [6, 6.07) is 4.60. The lowest BCUT2D eigenvalue weighted by Gasteiger charge is -2.23. The molecule has 0 aromatic heterocycles. The Morgan fingerprint density at radius 2 is 2.20 bits per heavy atom. The molecule has 0 saturated heterocycles. The number of likely N-dealkylation sites (N-methyl/N-ethyl adjacent to an activating group) is 1. The average molecular weight is 349 g/mol. The van der Waals surface area contributed by atoms with E-state index in [0.29, 0.717) is 0 Å². The summed E-state index contributed by atoms with van der Waals surface area (Å²) >= 11 is 0. The molecule has 1 heterocycles. The number of allylic oxidation sites excluding steroid dienone is 1. The van der Waals surface area contributed by atoms with Gasteiger partial charge in [0.1, 0.15) is 11.6 Å². The Hall–Kier alpha value is -2.71. The van der Waals surface area contributed by atoms with E-state index in [2.05, 4.69) is 10.8 Å². The standard InChI is InChI=1S/C17H20FN3O4/c1-11-6-7-14(13(18)10-11)19-16-12(17(24)20-25-9-8-22)4-3-5-15(23)21(16)2/h3,5-7,10,19,22H,4,8-9H2,1-2H3,(H,20,24). The maximum Gasteiger partial charge on any atom is 0.274 e. The number of benzene rings is 1. The zero-order chi connectivity index (χ0) is 18.4. The summed E-state index contributed by atoms with van der Waals surface area (Å²) in [6.45, 7) is 1.44. The van der Waals surface area contributed by atoms with Gasteiger partial charge in [-0.2, -0.15) is 0 Å². The van der Waals surface area contributed by atoms with E-state index in [1.165, 1.54) is 30.2 Å². The number of carbonyl (C=O) groups excluding carboxylic acids is 2. The number of aryl methyl sites for hydroxylation is 1. The third-order valence-electron chi connectivity index (χ3n) is 3.54. The Kier molecular flexibility index (Phi) is 6.26. The molecule has 0 atom stereocenters. The molecular weight excluding hydrogens is 329 g/mol. The summed E-state index contributed by atoms with van der Waals surface area (Å²) in [5, 5.41) is 11.5. The Labute approximate surface area is 144 Å². The van der Waals surface area contributed by atoms with Crippen LogP contribution in [0.1, 0.15) is 12.0 Å². The van der Waals surface area contributed by atoms with Gasteiger partial charge in [-0.1, -0.05) is 12.1 Å². The zero-order valence-electron chi connectivity index (χ0n) is 14.0. The number of carbonyl (C=O) groups is 2. The van der Waals surface area contributed by atoms with Crippen LogP contribution in [-0.2, 0) is 14.4 Å². The normalized spacial score (nSPS) is 14.6. The van der Waals surface area contributed by atoms with E-state index in [1.807, 2.05) is 0 Å². The van der Waals surface area contributed by atoms with Gasteiger partial charge in [-0.3, -0.25) is 19.3 Å². The highest BCUT2D eigenvalue weighted by atomic mass is 19.1. The molecule has 0 aliphatic carbocycles. The summed E-state index contributed by atoms with van der Waals surface area (Å²) in [5.74, 6) is -1.28. The minimum Gasteiger partial charge on any atom is -0.394 e. The number of hydroxylamine groups is 1. The molecule has 0 fully saturated rings. The van der Waals surface area contributed by atoms with Crippen LogP contribution in [0.4, 0.5) is 10.1 Å². The molecule has 0 spiro atoms. The van der Waals surface area contributed by atoms with E-state index >= 15 is 0 Å². The summed E-state index contributed by atoms with van der Waals surface area (Å²) in [7, 11) is 1.48. The Bertz CT molecular complexity index is 731. The van der Waals surface area contributed by atoms with E-state index in [4.69, 9.17) is 9.94 Å². The SMILES string of the molecule is Cc1ccc(NC2=C(C(=O)NOCCO)CC=CC(=O)N2C)c(F)c1. The fraction of sp³-hybridized carbons (Fsp3) is 0.294. The number of halogens is 1. The Morgan fingerprint density at radius 3 is 2.88 bits per heavy atom. The number of rotatable bonds is 6. The minimum atomic E-state index is -0.588. The van der Waals surface area contributed by atoms with Gasteiger partial charge in [-0.15, -0.1) is 0 Å². The minimum absolute atomic E-state index is 0.0705. The van der Waals surface area contributed by atoms with Crippen LogP contribution in [-0.4, -0.2) is 42.1 Å². The second kappa shape index (κ2) is 8.41. The Balaban J connectivity index is 2.36. The molecule has 1 aliphatic heterocycles. The summed E-state index contributed by atoms with van der Waals surface area (Å²) < 4.78 is 14.2. The molecule has 1 aliphatic rings. The molecule has 25 heavy (non-hydrogen) atoms. The molecule has 0 bridgehead atoms. The lowest BCUT2D eigenvalue weighted by atomic mass is 10.1. The van der Waals surface area contributed by atoms with Gasteiger partial charge < -0.3 is 10.4 Å². The van der Waals surface area contributed by atoms with Crippen LogP contribution in [0.25, 0.3) is 0 Å². The average Bonchev–Trinajstić information content (AvgIpc) is 2.71. The highest BCUT2D eigenvalue weighted by molar-refractivity contribution is 5.98. The van der Waals surface area contributed by atoms with Crippen molar-refractivity contribution < 1.29 is 23.9 Å². The van der Waals surface area contributed by atoms with E-state index in [0.717, 1.165) is 5.56 Å². The van der Waals surface area contributed by atoms with Crippen LogP contribution in [0, 0.1) is 12.7 Å². The number of anilines is 1. The van der Waals surface area contributed by atoms with Crippen molar-refractivity contribution in [2.24, 2.45) is 0 Å². The van der Waals surface area contributed by atoms with E-state index in [-0.39, 0.29) is 42.6 Å². The first kappa shape index (κ1) is 18.6. The molecule has 0 saturated carbocycles. The largest absolute Gasteiger partial charge is 0.394 e. The smallest absolute Gasteiger partial charge is 0.274 e. The summed E-state index contributed by atoms with van der Waals surface area (Å²) in [4.78, 5) is 30.4. The van der Waals surface area contributed by atoms with Crippen molar-refractivity contribution in [1.29, 1.82) is 0 Å². The predicted molar refractivity (Wildman–Crippen MR) is 89.5 cm³/mol. The van der Waals surface area contributed by atoms with E-state index < -0.39 is 11.7 Å². The van der Waals surface area contributed by atoms with Crippen LogP contribution in [0.2, 0.25) is 0 Å². The maximum atomic E-state index is 14.2. The van der Waals surface area contributed by atoms with Crippen molar-refractivity contribution in [3.63, 3.8) is 0 Å². The third-order valence-corrected chi connectivity index (χ3v) is 3.54. The number of nitrogens with zero attached hydrogens (tertiary/aromatic N) is 1. The lowest BCUT2D eigenvalue weighted by Crippen LogP contribution is -2.34. The molecule has 2 amide bonds. The van der Waals surface area contributed by atoms with E-state index in [9.17, 15) is 14.0 Å². The van der Waals surface area contributed by atoms with E-state index in [1.54, 1.807) is 19.1 Å². The van der Waals surface area contributed by atoms with Crippen LogP contribution < -0.4 is 10.8 Å². The zero-order valence-corrected chi connectivity index (χ0v) is 14.0. The van der Waals surface area contributed by atoms with Gasteiger partial charge in [0.05, 0.1) is 24.5 Å². The fourth-order valence-electron chi connectivity index (χ4n) is 2.23. The van der Waals surface area contributed by atoms with Crippen molar-refractivity contribution in [3.8, 4) is 0 Å². The first-order valence-electron chi connectivity index (χ1n) is 7.67. The van der Waals surface area contributed by atoms with Gasteiger partial charge in [-0.05, 0) is 37.1 Å². The molecule has 3 N–H and O–H groups in total. The van der Waals surface area contributed by atoms with Crippen molar-refractivity contribution in [1.82, 2.24) is 10.4 Å². The quantitative estimate of drug-likeness (QED) is 0.531. The van der Waals surface area contributed by atoms with Crippen molar-refractivity contribution in [2.45, 2.75) is 13.3 Å². The van der Waals surface area contributed by atoms with Gasteiger partial charge >= 0.3 is 0 Å². The first-order chi connectivity index (χ1) is 11.9. The van der Waals surface area contributed by atoms with Crippen LogP contribution in [0.15, 0.2) is 41.7 Å². The molecule has 7 nitrogen and oxygen atoms in total. The molecule has 2 rings (SSSR count). The van der Waals surface area contributed by atoms with Gasteiger partial charge in [0.15, 0.2) is 0 Å². The molecule has 1 aromatic rings. The van der Waals surface area contributed by atoms with Gasteiger partial charge in [0.25, 0.3) is 11.8 Å². The fourth-order valence-corrected chi connectivity index (χ4v) is 2.23. The molecule has 0 radical (unpaired) electrons. The number of amides is 2. The number of nitrogens with one attached hydrogen (secondary N) is 2. The van der Waals surface area contributed by atoms with Gasteiger partial charge in [-0.25, -0.2) is 9.87 Å². The van der Waals surface area contributed by atoms with Gasteiger partial charge in [0.2, 0.25) is 0 Å². The molecule has 134 valence electrons. The molecular formula is C17H20FN3O4. The molecule has 1 aromatic carbocycles. The van der Waals surface area contributed by atoms with Crippen LogP contribution in [0.5, 0.6) is 0 Å². The molecule has 8 heteroatoms. The monoisotopic (exact) mass is 349 g/mol. The topological polar surface area (TPSA) is 90.9 Å². The predicted octanol–water partition coefficient (Wildman–Crippen LogP) is 1.22. The Morgan fingerprint density at radius 1 is 1.44 bits per heavy atom. The lowest BCUT2D eigenvalue weighted by molar-refractivity contribution is -0.130. The van der Waals surface area contributed by atoms with Crippen LogP contribution in [0.3, 0.4) is 0 Å². The number of hydrogen-bond acceptors (Lipinski definition) is 5. The highest BCUT2D eigenvalue weighted by Crippen LogP contribution is 2.23. The first-order valence-corrected chi connectivity index (χ1v) is 7.67. The van der Waals surface area contributed by atoms with Crippen LogP contribution >= 0.6 is 0 Å². The van der Waals surface area contributed by atoms with Crippen molar-refractivity contribution in [2.75, 3.05) is 25.6 Å². The van der Waals surface area contributed by atoms with Gasteiger partial charge in [0, 0.05) is 7.05 Å². The number of aliphatic hydroxyl groups excluding tert-OH is 1. The third kappa shape index (κ3) is 4.65. The van der Waals surface area contributed by atoms with Crippen molar-refractivity contribution in [3.05, 3.63) is 53.1 Å². The summed E-state index contributed by atoms with van der Waals surface area (Å²) in [5.41, 5.74) is 3.28. The maximum absolute atomic E-state index is 14.2. The number of hydrogen-bond donors (Lipinski definition) is 3. The number of aliphatic hydroxyl groups is 1. The van der Waals surface area contributed by atoms with Crippen molar-refractivity contribution >= 4 is 17.5 Å². The molecule has 0 unspecified atom stereocenters. The second-order valence-corrected chi connectivity index (χ2v) is 5.44.